The molecule has 142 valence electrons. The molecule has 2 aromatic heterocycles. The lowest BCUT2D eigenvalue weighted by molar-refractivity contribution is -0.136. The van der Waals surface area contributed by atoms with E-state index in [-0.39, 0.29) is 17.8 Å². The number of esters is 1. The van der Waals surface area contributed by atoms with Gasteiger partial charge in [-0.2, -0.15) is 5.10 Å². The standard InChI is InChI=1S/C18H16N6O4/c25-15(26)9-13-5-6-14(16-21-10-22-24(13)16)28-17(27)11-1-3-12(4-2-11)23-18-19-7-8-20-18/h1-6,10H,7-9H2,(H,25,26)(H2,19,20,23). The highest BCUT2D eigenvalue weighted by atomic mass is 16.5. The smallest absolute Gasteiger partial charge is 0.343 e. The highest BCUT2D eigenvalue weighted by Crippen LogP contribution is 2.21. The first-order valence-electron chi connectivity index (χ1n) is 8.51. The largest absolute Gasteiger partial charge is 0.481 e. The second-order valence-electron chi connectivity index (χ2n) is 6.00. The number of aliphatic carboxylic acids is 1. The van der Waals surface area contributed by atoms with Crippen LogP contribution in [0.15, 0.2) is 47.7 Å². The Kier molecular flexibility index (Phi) is 4.58. The SMILES string of the molecule is O=C(O)Cc1ccc(OC(=O)c2ccc(NC3=NCCN3)cc2)c2ncnn12. The van der Waals surface area contributed by atoms with Gasteiger partial charge in [0.1, 0.15) is 6.33 Å². The molecule has 0 saturated carbocycles. The Morgan fingerprint density at radius 2 is 2.04 bits per heavy atom. The van der Waals surface area contributed by atoms with Crippen molar-refractivity contribution in [2.45, 2.75) is 6.42 Å². The second kappa shape index (κ2) is 7.35. The van der Waals surface area contributed by atoms with Crippen LogP contribution < -0.4 is 15.4 Å². The lowest BCUT2D eigenvalue weighted by Gasteiger charge is -2.09. The van der Waals surface area contributed by atoms with E-state index in [0.29, 0.717) is 17.2 Å². The summed E-state index contributed by atoms with van der Waals surface area (Å²) in [5.41, 5.74) is 1.86. The van der Waals surface area contributed by atoms with Gasteiger partial charge in [0.05, 0.1) is 24.2 Å². The van der Waals surface area contributed by atoms with E-state index >= 15 is 0 Å². The average Bonchev–Trinajstić information content (AvgIpc) is 3.36. The first kappa shape index (κ1) is 17.5. The predicted molar refractivity (Wildman–Crippen MR) is 99.7 cm³/mol. The summed E-state index contributed by atoms with van der Waals surface area (Å²) in [5, 5.41) is 19.2. The Balaban J connectivity index is 1.50. The number of nitrogens with one attached hydrogen (secondary N) is 2. The van der Waals surface area contributed by atoms with Gasteiger partial charge in [0.25, 0.3) is 0 Å². The normalized spacial score (nSPS) is 13.1. The first-order chi connectivity index (χ1) is 13.6. The van der Waals surface area contributed by atoms with Crippen molar-refractivity contribution >= 4 is 29.2 Å². The number of carbonyl (C=O) groups is 2. The van der Waals surface area contributed by atoms with E-state index in [4.69, 9.17) is 9.84 Å². The van der Waals surface area contributed by atoms with Crippen LogP contribution in [0.3, 0.4) is 0 Å². The van der Waals surface area contributed by atoms with E-state index < -0.39 is 11.9 Å². The maximum absolute atomic E-state index is 12.5. The molecule has 0 radical (unpaired) electrons. The number of rotatable bonds is 5. The number of aliphatic imine (C=N–C) groups is 1. The number of hydrogen-bond acceptors (Lipinski definition) is 8. The molecule has 0 amide bonds. The van der Waals surface area contributed by atoms with Gasteiger partial charge in [-0.05, 0) is 36.4 Å². The Hall–Kier alpha value is -3.95. The van der Waals surface area contributed by atoms with Crippen molar-refractivity contribution in [1.82, 2.24) is 19.9 Å². The van der Waals surface area contributed by atoms with E-state index in [1.165, 1.54) is 16.9 Å². The van der Waals surface area contributed by atoms with Gasteiger partial charge in [-0.3, -0.25) is 9.79 Å². The number of carbonyl (C=O) groups excluding carboxylic acids is 1. The van der Waals surface area contributed by atoms with E-state index in [1.807, 2.05) is 0 Å². The lowest BCUT2D eigenvalue weighted by atomic mass is 10.2. The number of anilines is 1. The van der Waals surface area contributed by atoms with Gasteiger partial charge in [0, 0.05) is 12.2 Å². The molecule has 0 aliphatic carbocycles. The maximum Gasteiger partial charge on any atom is 0.343 e. The van der Waals surface area contributed by atoms with Crippen LogP contribution in [0.4, 0.5) is 5.69 Å². The molecule has 1 aliphatic rings. The van der Waals surface area contributed by atoms with Crippen molar-refractivity contribution in [2.24, 2.45) is 4.99 Å². The second-order valence-corrected chi connectivity index (χ2v) is 6.00. The van der Waals surface area contributed by atoms with Crippen LogP contribution in [0.5, 0.6) is 5.75 Å². The predicted octanol–water partition coefficient (Wildman–Crippen LogP) is 0.947. The lowest BCUT2D eigenvalue weighted by Crippen LogP contribution is -2.26. The summed E-state index contributed by atoms with van der Waals surface area (Å²) >= 11 is 0. The minimum atomic E-state index is -0.992. The average molecular weight is 380 g/mol. The number of nitrogens with zero attached hydrogens (tertiary/aromatic N) is 4. The van der Waals surface area contributed by atoms with Crippen LogP contribution in [-0.4, -0.2) is 50.7 Å². The van der Waals surface area contributed by atoms with Gasteiger partial charge in [0.2, 0.25) is 0 Å². The van der Waals surface area contributed by atoms with Gasteiger partial charge < -0.3 is 20.5 Å². The minimum absolute atomic E-state index is 0.198. The van der Waals surface area contributed by atoms with Crippen molar-refractivity contribution in [3.05, 3.63) is 54.0 Å². The number of ether oxygens (including phenoxy) is 1. The fraction of sp³-hybridized carbons (Fsp3) is 0.167. The Bertz CT molecular complexity index is 1070. The van der Waals surface area contributed by atoms with Gasteiger partial charge >= 0.3 is 11.9 Å². The molecule has 4 rings (SSSR count). The fourth-order valence-corrected chi connectivity index (χ4v) is 2.77. The summed E-state index contributed by atoms with van der Waals surface area (Å²) in [6.07, 6.45) is 1.06. The molecule has 1 aliphatic heterocycles. The monoisotopic (exact) mass is 380 g/mol. The van der Waals surface area contributed by atoms with E-state index in [0.717, 1.165) is 18.8 Å². The molecular weight excluding hydrogens is 364 g/mol. The summed E-state index contributed by atoms with van der Waals surface area (Å²) in [5.74, 6) is -0.651. The third kappa shape index (κ3) is 3.61. The van der Waals surface area contributed by atoms with Crippen molar-refractivity contribution < 1.29 is 19.4 Å². The number of hydrogen-bond donors (Lipinski definition) is 3. The van der Waals surface area contributed by atoms with Crippen molar-refractivity contribution in [2.75, 3.05) is 18.4 Å². The molecule has 0 bridgehead atoms. The van der Waals surface area contributed by atoms with Crippen molar-refractivity contribution in [3.63, 3.8) is 0 Å². The molecule has 0 fully saturated rings. The van der Waals surface area contributed by atoms with Gasteiger partial charge in [-0.25, -0.2) is 14.3 Å². The number of aromatic nitrogens is 3. The van der Waals surface area contributed by atoms with E-state index in [2.05, 4.69) is 25.7 Å². The molecule has 28 heavy (non-hydrogen) atoms. The molecule has 10 heteroatoms. The fourth-order valence-electron chi connectivity index (χ4n) is 2.77. The van der Waals surface area contributed by atoms with Crippen molar-refractivity contribution in [1.29, 1.82) is 0 Å². The molecule has 3 aromatic rings. The third-order valence-corrected chi connectivity index (χ3v) is 4.06. The highest BCUT2D eigenvalue weighted by molar-refractivity contribution is 5.96. The van der Waals surface area contributed by atoms with Gasteiger partial charge in [-0.1, -0.05) is 0 Å². The topological polar surface area (TPSA) is 130 Å². The van der Waals surface area contributed by atoms with E-state index in [1.54, 1.807) is 30.3 Å². The van der Waals surface area contributed by atoms with Crippen LogP contribution in [-0.2, 0) is 11.2 Å². The number of carboxylic acid groups (broad SMARTS) is 1. The quantitative estimate of drug-likeness (QED) is 0.558. The summed E-state index contributed by atoms with van der Waals surface area (Å²) < 4.78 is 6.79. The maximum atomic E-state index is 12.5. The molecular formula is C18H16N6O4. The molecule has 3 N–H and O–H groups in total. The number of carboxylic acids is 1. The van der Waals surface area contributed by atoms with Gasteiger partial charge in [0.15, 0.2) is 17.4 Å². The van der Waals surface area contributed by atoms with Crippen LogP contribution in [0, 0.1) is 0 Å². The molecule has 0 atom stereocenters. The number of pyridine rings is 1. The molecule has 1 aromatic carbocycles. The van der Waals surface area contributed by atoms with Crippen LogP contribution in [0.1, 0.15) is 16.1 Å². The summed E-state index contributed by atoms with van der Waals surface area (Å²) in [6.45, 7) is 1.53. The third-order valence-electron chi connectivity index (χ3n) is 4.06. The summed E-state index contributed by atoms with van der Waals surface area (Å²) in [7, 11) is 0. The summed E-state index contributed by atoms with van der Waals surface area (Å²) in [6, 6.07) is 9.84. The zero-order valence-corrected chi connectivity index (χ0v) is 14.6. The first-order valence-corrected chi connectivity index (χ1v) is 8.51. The van der Waals surface area contributed by atoms with E-state index in [9.17, 15) is 9.59 Å². The van der Waals surface area contributed by atoms with Crippen LogP contribution in [0.25, 0.3) is 5.65 Å². The Morgan fingerprint density at radius 3 is 2.75 bits per heavy atom. The summed E-state index contributed by atoms with van der Waals surface area (Å²) in [4.78, 5) is 31.7. The minimum Gasteiger partial charge on any atom is -0.481 e. The molecule has 0 unspecified atom stereocenters. The zero-order chi connectivity index (χ0) is 19.5. The molecule has 3 heterocycles. The number of guanidine groups is 1. The van der Waals surface area contributed by atoms with Gasteiger partial charge in [-0.15, -0.1) is 0 Å². The number of benzene rings is 1. The van der Waals surface area contributed by atoms with Crippen molar-refractivity contribution in [3.8, 4) is 5.75 Å². The number of fused-ring (bicyclic) bond motifs is 1. The van der Waals surface area contributed by atoms with Crippen LogP contribution in [0.2, 0.25) is 0 Å². The molecule has 10 nitrogen and oxygen atoms in total. The van der Waals surface area contributed by atoms with Crippen LogP contribution >= 0.6 is 0 Å². The highest BCUT2D eigenvalue weighted by Gasteiger charge is 2.16. The Morgan fingerprint density at radius 1 is 1.21 bits per heavy atom. The molecule has 0 saturated heterocycles. The Labute approximate surface area is 158 Å². The molecule has 0 spiro atoms. The zero-order valence-electron chi connectivity index (χ0n) is 14.6.